The van der Waals surface area contributed by atoms with Gasteiger partial charge in [0.15, 0.2) is 0 Å². The lowest BCUT2D eigenvalue weighted by atomic mass is 10.0. The minimum atomic E-state index is -2.96. The molecule has 1 fully saturated rings. The van der Waals surface area contributed by atoms with Crippen molar-refractivity contribution in [3.05, 3.63) is 35.4 Å². The van der Waals surface area contributed by atoms with Crippen LogP contribution in [0.2, 0.25) is 0 Å². The normalized spacial score (nSPS) is 17.6. The van der Waals surface area contributed by atoms with Crippen LogP contribution in [0.3, 0.4) is 0 Å². The molecule has 0 radical (unpaired) electrons. The summed E-state index contributed by atoms with van der Waals surface area (Å²) in [4.78, 5) is 2.17. The number of benzene rings is 1. The highest BCUT2D eigenvalue weighted by Crippen LogP contribution is 2.31. The smallest absolute Gasteiger partial charge is 0.149 e. The molecule has 0 unspecified atom stereocenters. The quantitative estimate of drug-likeness (QED) is 0.699. The Labute approximate surface area is 172 Å². The Kier molecular flexibility index (Phi) is 6.40. The van der Waals surface area contributed by atoms with E-state index >= 15 is 0 Å². The van der Waals surface area contributed by atoms with Crippen LogP contribution in [0.4, 0.5) is 5.82 Å². The van der Waals surface area contributed by atoms with Gasteiger partial charge in [0.1, 0.15) is 21.4 Å². The predicted octanol–water partition coefficient (Wildman–Crippen LogP) is 2.06. The van der Waals surface area contributed by atoms with E-state index in [1.165, 1.54) is 12.3 Å². The number of aromatic hydroxyl groups is 1. The number of nitrogens with one attached hydrogen (secondary N) is 1. The summed E-state index contributed by atoms with van der Waals surface area (Å²) in [5, 5.41) is 22.2. The Morgan fingerprint density at radius 2 is 2.14 bits per heavy atom. The fraction of sp³-hybridized carbons (Fsp3) is 0.429. The molecule has 0 aliphatic carbocycles. The van der Waals surface area contributed by atoms with Gasteiger partial charge in [-0.2, -0.15) is 0 Å². The van der Waals surface area contributed by atoms with Crippen LogP contribution >= 0.6 is 0 Å². The zero-order valence-electron chi connectivity index (χ0n) is 16.7. The molecule has 1 aromatic heterocycles. The average molecular weight is 415 g/mol. The highest BCUT2D eigenvalue weighted by molar-refractivity contribution is 7.90. The first-order chi connectivity index (χ1) is 13.7. The topological polar surface area (TPSA) is 95.4 Å². The summed E-state index contributed by atoms with van der Waals surface area (Å²) >= 11 is 0. The predicted molar refractivity (Wildman–Crippen MR) is 115 cm³/mol. The standard InChI is InChI=1S/C21H26N4O3S/c1-4-16-7-8-18(19(26)13-16)21-15(2)12-20(23-24-21)22-17-6-5-9-25(14-17)10-11-29(3,27)28/h1,7-8,12-13,17,26H,5-6,9-11,14H2,2-3H3,(H,22,23)/t17-/m1/s1. The molecule has 0 spiro atoms. The highest BCUT2D eigenvalue weighted by atomic mass is 32.2. The van der Waals surface area contributed by atoms with Crippen LogP contribution < -0.4 is 5.32 Å². The SMILES string of the molecule is C#Cc1ccc(-c2nnc(N[C@@H]3CCCN(CCS(C)(=O)=O)C3)cc2C)c(O)c1. The van der Waals surface area contributed by atoms with Gasteiger partial charge >= 0.3 is 0 Å². The zero-order chi connectivity index (χ0) is 21.0. The summed E-state index contributed by atoms with van der Waals surface area (Å²) in [5.74, 6) is 3.41. The van der Waals surface area contributed by atoms with Crippen LogP contribution in [-0.4, -0.2) is 66.3 Å². The van der Waals surface area contributed by atoms with E-state index in [9.17, 15) is 13.5 Å². The van der Waals surface area contributed by atoms with E-state index in [2.05, 4.69) is 26.3 Å². The summed E-state index contributed by atoms with van der Waals surface area (Å²) < 4.78 is 22.8. The molecule has 8 heteroatoms. The fourth-order valence-electron chi connectivity index (χ4n) is 3.52. The lowest BCUT2D eigenvalue weighted by Gasteiger charge is -2.33. The minimum Gasteiger partial charge on any atom is -0.507 e. The number of phenols is 1. The first-order valence-corrected chi connectivity index (χ1v) is 11.6. The number of aryl methyl sites for hydroxylation is 1. The third-order valence-corrected chi connectivity index (χ3v) is 5.96. The van der Waals surface area contributed by atoms with Crippen molar-refractivity contribution in [3.8, 4) is 29.4 Å². The Morgan fingerprint density at radius 3 is 2.79 bits per heavy atom. The van der Waals surface area contributed by atoms with Crippen LogP contribution in [0.1, 0.15) is 24.0 Å². The fourth-order valence-corrected chi connectivity index (χ4v) is 4.11. The first-order valence-electron chi connectivity index (χ1n) is 9.56. The van der Waals surface area contributed by atoms with Gasteiger partial charge in [-0.25, -0.2) is 8.42 Å². The highest BCUT2D eigenvalue weighted by Gasteiger charge is 2.21. The molecular weight excluding hydrogens is 388 g/mol. The van der Waals surface area contributed by atoms with Crippen LogP contribution in [0, 0.1) is 19.3 Å². The second-order valence-electron chi connectivity index (χ2n) is 7.55. The van der Waals surface area contributed by atoms with E-state index in [1.807, 2.05) is 13.0 Å². The second kappa shape index (κ2) is 8.80. The summed E-state index contributed by atoms with van der Waals surface area (Å²) in [6.07, 6.45) is 8.63. The number of nitrogens with zero attached hydrogens (tertiary/aromatic N) is 3. The van der Waals surface area contributed by atoms with Gasteiger partial charge in [0.2, 0.25) is 0 Å². The number of rotatable bonds is 6. The average Bonchev–Trinajstić information content (AvgIpc) is 2.67. The number of aromatic nitrogens is 2. The molecule has 0 saturated carbocycles. The molecule has 1 aliphatic heterocycles. The molecular formula is C21H26N4O3S. The number of sulfone groups is 1. The molecule has 154 valence electrons. The number of likely N-dealkylation sites (tertiary alicyclic amines) is 1. The molecule has 2 heterocycles. The van der Waals surface area contributed by atoms with Gasteiger partial charge in [0.05, 0.1) is 11.4 Å². The van der Waals surface area contributed by atoms with Gasteiger partial charge in [-0.1, -0.05) is 5.92 Å². The van der Waals surface area contributed by atoms with Crippen LogP contribution in [0.25, 0.3) is 11.3 Å². The van der Waals surface area contributed by atoms with Crippen molar-refractivity contribution in [1.29, 1.82) is 0 Å². The van der Waals surface area contributed by atoms with Crippen LogP contribution in [0.5, 0.6) is 5.75 Å². The molecule has 1 atom stereocenters. The summed E-state index contributed by atoms with van der Waals surface area (Å²) in [6.45, 7) is 4.15. The third-order valence-electron chi connectivity index (χ3n) is 5.04. The van der Waals surface area contributed by atoms with Gasteiger partial charge in [-0.3, -0.25) is 0 Å². The third kappa shape index (κ3) is 5.68. The van der Waals surface area contributed by atoms with Crippen LogP contribution in [-0.2, 0) is 9.84 Å². The molecule has 1 saturated heterocycles. The molecule has 29 heavy (non-hydrogen) atoms. The minimum absolute atomic E-state index is 0.0763. The van der Waals surface area contributed by atoms with E-state index in [0.717, 1.165) is 31.5 Å². The Balaban J connectivity index is 1.68. The zero-order valence-corrected chi connectivity index (χ0v) is 17.5. The van der Waals surface area contributed by atoms with Crippen molar-refractivity contribution in [1.82, 2.24) is 15.1 Å². The van der Waals surface area contributed by atoms with Crippen molar-refractivity contribution < 1.29 is 13.5 Å². The summed E-state index contributed by atoms with van der Waals surface area (Å²) in [5.41, 5.74) is 2.68. The molecule has 1 aromatic carbocycles. The van der Waals surface area contributed by atoms with Gasteiger partial charge in [-0.05, 0) is 56.1 Å². The van der Waals surface area contributed by atoms with Gasteiger partial charge in [0, 0.05) is 36.5 Å². The maximum atomic E-state index is 11.4. The van der Waals surface area contributed by atoms with E-state index in [0.29, 0.717) is 29.2 Å². The first kappa shape index (κ1) is 21.1. The molecule has 2 aromatic rings. The lowest BCUT2D eigenvalue weighted by Crippen LogP contribution is -2.43. The Hall–Kier alpha value is -2.63. The molecule has 3 rings (SSSR count). The number of hydrogen-bond acceptors (Lipinski definition) is 7. The van der Waals surface area contributed by atoms with Gasteiger partial charge in [0.25, 0.3) is 0 Å². The van der Waals surface area contributed by atoms with Crippen LogP contribution in [0.15, 0.2) is 24.3 Å². The monoisotopic (exact) mass is 414 g/mol. The van der Waals surface area contributed by atoms with Crippen molar-refractivity contribution in [2.75, 3.05) is 37.0 Å². The molecule has 0 amide bonds. The van der Waals surface area contributed by atoms with E-state index in [-0.39, 0.29) is 17.5 Å². The number of hydrogen-bond donors (Lipinski definition) is 2. The van der Waals surface area contributed by atoms with Crippen molar-refractivity contribution in [2.24, 2.45) is 0 Å². The van der Waals surface area contributed by atoms with Crippen molar-refractivity contribution >= 4 is 15.7 Å². The van der Waals surface area contributed by atoms with E-state index < -0.39 is 9.84 Å². The summed E-state index contributed by atoms with van der Waals surface area (Å²) in [7, 11) is -2.96. The second-order valence-corrected chi connectivity index (χ2v) is 9.81. The number of phenolic OH excluding ortho intramolecular Hbond substituents is 1. The van der Waals surface area contributed by atoms with Gasteiger partial charge in [-0.15, -0.1) is 16.6 Å². The van der Waals surface area contributed by atoms with E-state index in [1.54, 1.807) is 12.1 Å². The largest absolute Gasteiger partial charge is 0.507 e. The number of piperidine rings is 1. The number of anilines is 1. The van der Waals surface area contributed by atoms with Crippen molar-refractivity contribution in [2.45, 2.75) is 25.8 Å². The summed E-state index contributed by atoms with van der Waals surface area (Å²) in [6, 6.07) is 7.14. The Morgan fingerprint density at radius 1 is 1.34 bits per heavy atom. The lowest BCUT2D eigenvalue weighted by molar-refractivity contribution is 0.227. The maximum absolute atomic E-state index is 11.4. The van der Waals surface area contributed by atoms with Crippen molar-refractivity contribution in [3.63, 3.8) is 0 Å². The molecule has 1 aliphatic rings. The number of terminal acetylenes is 1. The van der Waals surface area contributed by atoms with Gasteiger partial charge < -0.3 is 15.3 Å². The molecule has 2 N–H and O–H groups in total. The van der Waals surface area contributed by atoms with E-state index in [4.69, 9.17) is 6.42 Å². The maximum Gasteiger partial charge on any atom is 0.149 e. The molecule has 0 bridgehead atoms. The Bertz CT molecular complexity index is 1030. The molecule has 7 nitrogen and oxygen atoms in total.